The molecule has 3 aliphatic rings. The predicted molar refractivity (Wildman–Crippen MR) is 216 cm³/mol. The van der Waals surface area contributed by atoms with Crippen LogP contribution in [0.1, 0.15) is 36.5 Å². The Labute approximate surface area is 340 Å². The smallest absolute Gasteiger partial charge is 0.313 e. The summed E-state index contributed by atoms with van der Waals surface area (Å²) in [5, 5.41) is 14.4. The standard InChI is InChI=1S/C43H47BrClN3O8/c1-4-6-17-34(50)46-33(26-54-3)37(28-15-11-8-12-16-28)55-42(53)35-36-40(51)48(31(25-49)23-27-13-9-7-10-14-27)39(43(36)24-32(44)38(35)56-43)41(52)47(22-5-2)30-20-18-29(45)19-21-30/h4-5,7-16,18-21,31-33,35-39,49H,1-2,6,17,22-26H2,3H3,(H,46,50)/t31-,32?,33+,35-,36+,37+,38-,39-,43+/m1/s1. The zero-order valence-corrected chi connectivity index (χ0v) is 33.5. The Morgan fingerprint density at radius 1 is 1.07 bits per heavy atom. The Balaban J connectivity index is 1.41. The van der Waals surface area contributed by atoms with Crippen LogP contribution in [-0.2, 0) is 39.8 Å². The molecule has 9 atom stereocenters. The lowest BCUT2D eigenvalue weighted by Gasteiger charge is -2.39. The number of nitrogens with one attached hydrogen (secondary N) is 1. The van der Waals surface area contributed by atoms with Crippen molar-refractivity contribution in [3.05, 3.63) is 126 Å². The highest BCUT2D eigenvalue weighted by Gasteiger charge is 2.77. The summed E-state index contributed by atoms with van der Waals surface area (Å²) < 4.78 is 18.7. The highest BCUT2D eigenvalue weighted by Crippen LogP contribution is 2.61. The fourth-order valence-corrected chi connectivity index (χ4v) is 9.56. The summed E-state index contributed by atoms with van der Waals surface area (Å²) in [5.74, 6) is -4.18. The number of hydrogen-bond acceptors (Lipinski definition) is 8. The van der Waals surface area contributed by atoms with Crippen molar-refractivity contribution < 1.29 is 38.5 Å². The van der Waals surface area contributed by atoms with Gasteiger partial charge in [-0.3, -0.25) is 19.2 Å². The molecule has 0 aromatic heterocycles. The first kappa shape index (κ1) is 41.3. The minimum Gasteiger partial charge on any atom is -0.455 e. The average Bonchev–Trinajstić information content (AvgIpc) is 3.81. The lowest BCUT2D eigenvalue weighted by Crippen LogP contribution is -2.59. The molecule has 3 aromatic rings. The van der Waals surface area contributed by atoms with Crippen LogP contribution in [0.15, 0.2) is 110 Å². The van der Waals surface area contributed by atoms with Crippen molar-refractivity contribution in [2.24, 2.45) is 11.8 Å². The Morgan fingerprint density at radius 3 is 2.38 bits per heavy atom. The number of alkyl halides is 1. The molecular weight excluding hydrogens is 802 g/mol. The molecule has 2 bridgehead atoms. The number of carbonyl (C=O) groups excluding carboxylic acids is 4. The van der Waals surface area contributed by atoms with Crippen molar-refractivity contribution >= 4 is 56.9 Å². The number of halogens is 2. The van der Waals surface area contributed by atoms with Gasteiger partial charge in [-0.1, -0.05) is 100 Å². The Hall–Kier alpha value is -4.33. The number of aliphatic hydroxyl groups is 1. The number of esters is 1. The maximum atomic E-state index is 15.2. The molecular formula is C43H47BrClN3O8. The van der Waals surface area contributed by atoms with Crippen molar-refractivity contribution in [2.45, 2.75) is 66.4 Å². The minimum atomic E-state index is -1.46. The van der Waals surface area contributed by atoms with Gasteiger partial charge in [0.1, 0.15) is 17.7 Å². The van der Waals surface area contributed by atoms with Gasteiger partial charge in [0.15, 0.2) is 0 Å². The topological polar surface area (TPSA) is 135 Å². The number of nitrogens with zero attached hydrogens (tertiary/aromatic N) is 2. The highest BCUT2D eigenvalue weighted by molar-refractivity contribution is 9.09. The van der Waals surface area contributed by atoms with Gasteiger partial charge in [0, 0.05) is 35.6 Å². The van der Waals surface area contributed by atoms with Crippen LogP contribution < -0.4 is 10.2 Å². The lowest BCUT2D eigenvalue weighted by molar-refractivity contribution is -0.163. The maximum absolute atomic E-state index is 15.2. The van der Waals surface area contributed by atoms with Gasteiger partial charge in [0.25, 0.3) is 5.91 Å². The Kier molecular flexibility index (Phi) is 13.5. The number of likely N-dealkylation sites (tertiary alicyclic amines) is 1. The molecule has 3 aromatic carbocycles. The number of amides is 3. The number of benzene rings is 3. The summed E-state index contributed by atoms with van der Waals surface area (Å²) >= 11 is 9.97. The van der Waals surface area contributed by atoms with Crippen molar-refractivity contribution in [1.82, 2.24) is 10.2 Å². The molecule has 0 aliphatic carbocycles. The number of methoxy groups -OCH3 is 1. The van der Waals surface area contributed by atoms with E-state index in [1.54, 1.807) is 60.7 Å². The molecule has 56 heavy (non-hydrogen) atoms. The van der Waals surface area contributed by atoms with Gasteiger partial charge in [0.2, 0.25) is 11.8 Å². The molecule has 3 amide bonds. The number of fused-ring (bicyclic) bond motifs is 1. The van der Waals surface area contributed by atoms with Crippen molar-refractivity contribution in [1.29, 1.82) is 0 Å². The summed E-state index contributed by atoms with van der Waals surface area (Å²) in [4.78, 5) is 60.6. The minimum absolute atomic E-state index is 0.0243. The van der Waals surface area contributed by atoms with Crippen LogP contribution in [0.4, 0.5) is 5.69 Å². The first-order valence-corrected chi connectivity index (χ1v) is 20.0. The quantitative estimate of drug-likeness (QED) is 0.0962. The average molecular weight is 849 g/mol. The fourth-order valence-electron chi connectivity index (χ4n) is 8.49. The van der Waals surface area contributed by atoms with E-state index in [9.17, 15) is 14.7 Å². The van der Waals surface area contributed by atoms with Crippen molar-refractivity contribution in [2.75, 3.05) is 31.8 Å². The third kappa shape index (κ3) is 8.22. The van der Waals surface area contributed by atoms with Gasteiger partial charge >= 0.3 is 5.97 Å². The van der Waals surface area contributed by atoms with E-state index in [-0.39, 0.29) is 38.3 Å². The molecule has 2 N–H and O–H groups in total. The van der Waals surface area contributed by atoms with Crippen LogP contribution in [-0.4, -0.2) is 95.2 Å². The zero-order chi connectivity index (χ0) is 40.0. The van der Waals surface area contributed by atoms with E-state index in [4.69, 9.17) is 25.8 Å². The number of aliphatic hydroxyl groups excluding tert-OH is 1. The van der Waals surface area contributed by atoms with Crippen LogP contribution in [0.2, 0.25) is 5.02 Å². The molecule has 1 unspecified atom stereocenters. The van der Waals surface area contributed by atoms with E-state index in [1.807, 2.05) is 36.4 Å². The largest absolute Gasteiger partial charge is 0.455 e. The van der Waals surface area contributed by atoms with E-state index in [2.05, 4.69) is 34.4 Å². The van der Waals surface area contributed by atoms with Crippen LogP contribution in [0.25, 0.3) is 0 Å². The van der Waals surface area contributed by atoms with Gasteiger partial charge in [-0.2, -0.15) is 0 Å². The fraction of sp³-hybridized carbons (Fsp3) is 0.395. The molecule has 1 spiro atoms. The summed E-state index contributed by atoms with van der Waals surface area (Å²) in [6.45, 7) is 7.26. The Morgan fingerprint density at radius 2 is 1.75 bits per heavy atom. The second-order valence-electron chi connectivity index (χ2n) is 14.4. The van der Waals surface area contributed by atoms with Gasteiger partial charge in [-0.25, -0.2) is 0 Å². The Bertz CT molecular complexity index is 1880. The number of hydrogen-bond donors (Lipinski definition) is 2. The number of ether oxygens (including phenoxy) is 3. The SMILES string of the molecule is C=CCCC(=O)N[C@@H](COC)[C@@H](OC(=O)[C@H]1[C@@H]2O[C@@]3(CC2Br)[C@@H]1C(=O)N([C@@H](CO)Cc1ccccc1)[C@@H]3C(=O)N(CC=C)c1ccc(Cl)cc1)c1ccccc1. The van der Waals surface area contributed by atoms with E-state index >= 15 is 9.59 Å². The molecule has 13 heteroatoms. The zero-order valence-electron chi connectivity index (χ0n) is 31.2. The molecule has 11 nitrogen and oxygen atoms in total. The molecule has 3 saturated heterocycles. The monoisotopic (exact) mass is 847 g/mol. The molecule has 6 rings (SSSR count). The molecule has 3 aliphatic heterocycles. The number of anilines is 1. The third-order valence-corrected chi connectivity index (χ3v) is 12.0. The first-order valence-electron chi connectivity index (χ1n) is 18.7. The van der Waals surface area contributed by atoms with Crippen molar-refractivity contribution in [3.63, 3.8) is 0 Å². The van der Waals surface area contributed by atoms with E-state index < -0.39 is 77.0 Å². The molecule has 3 heterocycles. The van der Waals surface area contributed by atoms with Crippen molar-refractivity contribution in [3.8, 4) is 0 Å². The molecule has 3 fully saturated rings. The van der Waals surface area contributed by atoms with Gasteiger partial charge < -0.3 is 34.4 Å². The second-order valence-corrected chi connectivity index (χ2v) is 16.0. The van der Waals surface area contributed by atoms with E-state index in [0.29, 0.717) is 22.7 Å². The highest BCUT2D eigenvalue weighted by atomic mass is 79.9. The molecule has 0 radical (unpaired) electrons. The first-order chi connectivity index (χ1) is 27.1. The summed E-state index contributed by atoms with van der Waals surface area (Å²) in [6, 6.07) is 22.3. The summed E-state index contributed by atoms with van der Waals surface area (Å²) in [6.07, 6.45) is 2.54. The van der Waals surface area contributed by atoms with Gasteiger partial charge in [-0.05, 0) is 54.7 Å². The van der Waals surface area contributed by atoms with Crippen LogP contribution in [0.3, 0.4) is 0 Å². The number of allylic oxidation sites excluding steroid dienone is 1. The maximum Gasteiger partial charge on any atom is 0.313 e. The van der Waals surface area contributed by atoms with Crippen LogP contribution in [0, 0.1) is 11.8 Å². The third-order valence-electron chi connectivity index (χ3n) is 10.9. The number of carbonyl (C=O) groups is 4. The van der Waals surface area contributed by atoms with E-state index in [1.165, 1.54) is 16.9 Å². The van der Waals surface area contributed by atoms with Gasteiger partial charge in [0.05, 0.1) is 43.2 Å². The van der Waals surface area contributed by atoms with Crippen LogP contribution in [0.5, 0.6) is 0 Å². The van der Waals surface area contributed by atoms with E-state index in [0.717, 1.165) is 5.56 Å². The lowest BCUT2D eigenvalue weighted by atomic mass is 9.70. The normalized spacial score (nSPS) is 25.2. The predicted octanol–water partition coefficient (Wildman–Crippen LogP) is 5.59. The molecule has 296 valence electrons. The number of rotatable bonds is 18. The van der Waals surface area contributed by atoms with Crippen LogP contribution >= 0.6 is 27.5 Å². The van der Waals surface area contributed by atoms with Gasteiger partial charge in [-0.15, -0.1) is 13.2 Å². The second kappa shape index (κ2) is 18.3. The summed E-state index contributed by atoms with van der Waals surface area (Å²) in [7, 11) is 1.49. The summed E-state index contributed by atoms with van der Waals surface area (Å²) in [5.41, 5.74) is 0.531. The molecule has 0 saturated carbocycles.